The monoisotopic (exact) mass is 613 g/mol. The van der Waals surface area contributed by atoms with Gasteiger partial charge < -0.3 is 4.57 Å². The average molecular weight is 614 g/mol. The van der Waals surface area contributed by atoms with Gasteiger partial charge in [-0.2, -0.15) is 0 Å². The van der Waals surface area contributed by atoms with Gasteiger partial charge >= 0.3 is 0 Å². The highest BCUT2D eigenvalue weighted by molar-refractivity contribution is 6.11. The molecule has 0 saturated heterocycles. The van der Waals surface area contributed by atoms with Crippen molar-refractivity contribution in [2.24, 2.45) is 0 Å². The highest BCUT2D eigenvalue weighted by Crippen LogP contribution is 2.39. The van der Waals surface area contributed by atoms with Gasteiger partial charge in [0.15, 0.2) is 0 Å². The zero-order chi connectivity index (χ0) is 31.6. The summed E-state index contributed by atoms with van der Waals surface area (Å²) >= 11 is 0. The van der Waals surface area contributed by atoms with Gasteiger partial charge in [-0.05, 0) is 101 Å². The first kappa shape index (κ1) is 27.0. The van der Waals surface area contributed by atoms with Gasteiger partial charge in [0.25, 0.3) is 0 Å². The zero-order valence-electron chi connectivity index (χ0n) is 26.3. The third-order valence-corrected chi connectivity index (χ3v) is 9.99. The van der Waals surface area contributed by atoms with Crippen molar-refractivity contribution < 1.29 is 0 Å². The van der Waals surface area contributed by atoms with Crippen molar-refractivity contribution in [3.63, 3.8) is 0 Å². The van der Waals surface area contributed by atoms with Crippen molar-refractivity contribution in [1.82, 2.24) is 14.1 Å². The van der Waals surface area contributed by atoms with Crippen LogP contribution in [0, 0.1) is 0 Å². The second-order valence-corrected chi connectivity index (χ2v) is 12.7. The van der Waals surface area contributed by atoms with Crippen LogP contribution in [0.1, 0.15) is 17.7 Å². The summed E-state index contributed by atoms with van der Waals surface area (Å²) in [5, 5.41) is 4.95. The fourth-order valence-corrected chi connectivity index (χ4v) is 7.80. The maximum Gasteiger partial charge on any atom is 0.138 e. The van der Waals surface area contributed by atoms with Crippen LogP contribution in [0.5, 0.6) is 0 Å². The van der Waals surface area contributed by atoms with Gasteiger partial charge in [-0.25, -0.2) is 4.98 Å². The van der Waals surface area contributed by atoms with E-state index >= 15 is 0 Å². The van der Waals surface area contributed by atoms with Crippen molar-refractivity contribution in [3.05, 3.63) is 169 Å². The second kappa shape index (κ2) is 10.7. The van der Waals surface area contributed by atoms with Crippen LogP contribution in [0.4, 0.5) is 0 Å². The number of aromatic nitrogens is 3. The topological polar surface area (TPSA) is 22.8 Å². The minimum absolute atomic E-state index is 0.926. The Morgan fingerprint density at radius 2 is 1.12 bits per heavy atom. The summed E-state index contributed by atoms with van der Waals surface area (Å²) < 4.78 is 4.75. The first-order valence-electron chi connectivity index (χ1n) is 16.7. The standard InChI is InChI=1S/C45H31N3/c1-3-13-30(14-4-1)37-29-45(46-40-20-10-7-17-34(37)40)48-42-22-12-9-19-36(42)39-28-32(24-26-44(39)48)31-23-25-43-38(27-31)35-18-8-11-21-41(35)47(43)33-15-5-2-6-16-33/h1-7,9-17,19-29H,8,18H2. The van der Waals surface area contributed by atoms with Gasteiger partial charge in [-0.1, -0.05) is 103 Å². The van der Waals surface area contributed by atoms with Crippen molar-refractivity contribution in [2.75, 3.05) is 0 Å². The lowest BCUT2D eigenvalue weighted by molar-refractivity contribution is 0.967. The Morgan fingerprint density at radius 1 is 0.479 bits per heavy atom. The molecular formula is C45H31N3. The summed E-state index contributed by atoms with van der Waals surface area (Å²) in [6.07, 6.45) is 6.74. The van der Waals surface area contributed by atoms with E-state index in [0.29, 0.717) is 0 Å². The van der Waals surface area contributed by atoms with Gasteiger partial charge in [-0.3, -0.25) is 4.57 Å². The number of benzene rings is 6. The molecule has 226 valence electrons. The fraction of sp³-hybridized carbons (Fsp3) is 0.0444. The maximum absolute atomic E-state index is 5.24. The molecule has 0 spiro atoms. The molecular weight excluding hydrogens is 583 g/mol. The maximum atomic E-state index is 5.24. The third-order valence-electron chi connectivity index (χ3n) is 9.99. The van der Waals surface area contributed by atoms with Crippen LogP contribution >= 0.6 is 0 Å². The molecule has 9 aromatic rings. The number of nitrogens with zero attached hydrogens (tertiary/aromatic N) is 3. The first-order valence-corrected chi connectivity index (χ1v) is 16.7. The molecule has 1 aliphatic carbocycles. The van der Waals surface area contributed by atoms with Gasteiger partial charge in [0, 0.05) is 32.9 Å². The highest BCUT2D eigenvalue weighted by atomic mass is 15.1. The van der Waals surface area contributed by atoms with Crippen LogP contribution in [-0.4, -0.2) is 14.1 Å². The Bertz CT molecular complexity index is 2710. The molecule has 0 bridgehead atoms. The number of pyridine rings is 1. The molecule has 6 aromatic carbocycles. The Labute approximate surface area is 278 Å². The van der Waals surface area contributed by atoms with Crippen LogP contribution in [0.25, 0.3) is 83.4 Å². The molecule has 3 heterocycles. The van der Waals surface area contributed by atoms with Crippen molar-refractivity contribution >= 4 is 49.7 Å². The quantitative estimate of drug-likeness (QED) is 0.194. The molecule has 0 fully saturated rings. The van der Waals surface area contributed by atoms with Gasteiger partial charge in [0.1, 0.15) is 5.82 Å². The smallest absolute Gasteiger partial charge is 0.138 e. The zero-order valence-corrected chi connectivity index (χ0v) is 26.3. The van der Waals surface area contributed by atoms with E-state index in [0.717, 1.165) is 40.6 Å². The summed E-state index contributed by atoms with van der Waals surface area (Å²) in [6, 6.07) is 54.7. The van der Waals surface area contributed by atoms with Crippen molar-refractivity contribution in [2.45, 2.75) is 12.8 Å². The molecule has 3 nitrogen and oxygen atoms in total. The Kier molecular flexibility index (Phi) is 6.00. The van der Waals surface area contributed by atoms with E-state index in [4.69, 9.17) is 4.98 Å². The van der Waals surface area contributed by atoms with Gasteiger partial charge in [-0.15, -0.1) is 0 Å². The summed E-state index contributed by atoms with van der Waals surface area (Å²) in [5.41, 5.74) is 13.3. The molecule has 0 unspecified atom stereocenters. The highest BCUT2D eigenvalue weighted by Gasteiger charge is 2.20. The van der Waals surface area contributed by atoms with Crippen molar-refractivity contribution in [1.29, 1.82) is 0 Å². The SMILES string of the molecule is C1=Cc2c(c3cc(-c4ccc5c(c4)c4ccccc4n5-c4cc(-c5ccccc5)c5ccccc5n4)ccc3n2-c2ccccc2)CC1. The molecule has 0 saturated carbocycles. The van der Waals surface area contributed by atoms with Gasteiger partial charge in [0.05, 0.1) is 22.1 Å². The Morgan fingerprint density at radius 3 is 1.94 bits per heavy atom. The number of hydrogen-bond donors (Lipinski definition) is 0. The average Bonchev–Trinajstić information content (AvgIpc) is 3.67. The minimum Gasteiger partial charge on any atom is -0.310 e. The number of hydrogen-bond acceptors (Lipinski definition) is 1. The first-order chi connectivity index (χ1) is 23.8. The minimum atomic E-state index is 0.926. The molecule has 0 amide bonds. The Hall–Kier alpha value is -6.19. The molecule has 0 atom stereocenters. The van der Waals surface area contributed by atoms with E-state index in [1.54, 1.807) is 0 Å². The lowest BCUT2D eigenvalue weighted by Crippen LogP contribution is -1.99. The second-order valence-electron chi connectivity index (χ2n) is 12.7. The lowest BCUT2D eigenvalue weighted by atomic mass is 9.97. The molecule has 0 N–H and O–H groups in total. The molecule has 1 aliphatic rings. The lowest BCUT2D eigenvalue weighted by Gasteiger charge is -2.13. The van der Waals surface area contributed by atoms with Crippen LogP contribution in [-0.2, 0) is 6.42 Å². The Balaban J connectivity index is 1.17. The number of aryl methyl sites for hydroxylation is 1. The normalized spacial score (nSPS) is 12.8. The van der Waals surface area contributed by atoms with Crippen LogP contribution < -0.4 is 0 Å². The molecule has 48 heavy (non-hydrogen) atoms. The van der Waals surface area contributed by atoms with E-state index in [1.807, 2.05) is 0 Å². The van der Waals surface area contributed by atoms with E-state index in [9.17, 15) is 0 Å². The third kappa shape index (κ3) is 4.11. The summed E-state index contributed by atoms with van der Waals surface area (Å²) in [7, 11) is 0. The predicted molar refractivity (Wildman–Crippen MR) is 201 cm³/mol. The molecule has 3 heteroatoms. The van der Waals surface area contributed by atoms with E-state index in [1.165, 1.54) is 60.9 Å². The number of para-hydroxylation sites is 3. The van der Waals surface area contributed by atoms with Crippen LogP contribution in [0.2, 0.25) is 0 Å². The summed E-state index contributed by atoms with van der Waals surface area (Å²) in [4.78, 5) is 5.24. The van der Waals surface area contributed by atoms with E-state index in [-0.39, 0.29) is 0 Å². The summed E-state index contributed by atoms with van der Waals surface area (Å²) in [5.74, 6) is 0.926. The number of allylic oxidation sites excluding steroid dienone is 1. The summed E-state index contributed by atoms with van der Waals surface area (Å²) in [6.45, 7) is 0. The van der Waals surface area contributed by atoms with E-state index in [2.05, 4.69) is 173 Å². The molecule has 0 aliphatic heterocycles. The molecule has 0 radical (unpaired) electrons. The van der Waals surface area contributed by atoms with E-state index < -0.39 is 0 Å². The van der Waals surface area contributed by atoms with Crippen LogP contribution in [0.3, 0.4) is 0 Å². The molecule has 3 aromatic heterocycles. The number of fused-ring (bicyclic) bond motifs is 7. The molecule has 10 rings (SSSR count). The van der Waals surface area contributed by atoms with Gasteiger partial charge in [0.2, 0.25) is 0 Å². The number of rotatable bonds is 4. The van der Waals surface area contributed by atoms with Crippen molar-refractivity contribution in [3.8, 4) is 33.8 Å². The largest absolute Gasteiger partial charge is 0.310 e. The predicted octanol–water partition coefficient (Wildman–Crippen LogP) is 11.6. The fourth-order valence-electron chi connectivity index (χ4n) is 7.80. The van der Waals surface area contributed by atoms with Crippen LogP contribution in [0.15, 0.2) is 158 Å².